The zero-order chi connectivity index (χ0) is 15.7. The van der Waals surface area contributed by atoms with Gasteiger partial charge in [-0.25, -0.2) is 9.59 Å². The lowest BCUT2D eigenvalue weighted by atomic mass is 10.7. The minimum Gasteiger partial charge on any atom is -0.475 e. The highest BCUT2D eigenvalue weighted by molar-refractivity contribution is 5.73. The standard InChI is InChI=1S/2C2HF3O2.CH5N3/c2*3-2(4,5)1(6)7;2-1(3)4/h2*(H,6,7);(H5,2,3,4). The van der Waals surface area contributed by atoms with Crippen LogP contribution in [0.15, 0.2) is 0 Å². The van der Waals surface area contributed by atoms with Crippen LogP contribution >= 0.6 is 0 Å². The Balaban J connectivity index is -0.000000196. The fourth-order valence-corrected chi connectivity index (χ4v) is 0. The average Bonchev–Trinajstić information content (AvgIpc) is 1.99. The maximum absolute atomic E-state index is 10.6. The second-order valence-electron chi connectivity index (χ2n) is 2.06. The highest BCUT2D eigenvalue weighted by atomic mass is 19.4. The summed E-state index contributed by atoms with van der Waals surface area (Å²) in [6.45, 7) is 0. The molecular weight excluding hydrogens is 280 g/mol. The largest absolute Gasteiger partial charge is 0.490 e. The predicted molar refractivity (Wildman–Crippen MR) is 43.5 cm³/mol. The van der Waals surface area contributed by atoms with Gasteiger partial charge >= 0.3 is 24.3 Å². The highest BCUT2D eigenvalue weighted by Crippen LogP contribution is 2.13. The first-order chi connectivity index (χ1) is 7.62. The summed E-state index contributed by atoms with van der Waals surface area (Å²) in [6.07, 6.45) is -10.2. The Kier molecular flexibility index (Phi) is 9.34. The molecule has 13 heteroatoms. The molecule has 7 N–H and O–H groups in total. The molecule has 0 rings (SSSR count). The van der Waals surface area contributed by atoms with Crippen LogP contribution in [0.4, 0.5) is 26.3 Å². The molecular formula is C5H7F6N3O4. The Morgan fingerprint density at radius 1 is 0.833 bits per heavy atom. The molecule has 0 saturated heterocycles. The number of carboxylic acids is 2. The lowest BCUT2D eigenvalue weighted by Crippen LogP contribution is -2.21. The van der Waals surface area contributed by atoms with E-state index in [1.165, 1.54) is 0 Å². The third-order valence-corrected chi connectivity index (χ3v) is 0.485. The molecule has 0 atom stereocenters. The molecule has 0 heterocycles. The Bertz CT molecular complexity index is 271. The fourth-order valence-electron chi connectivity index (χ4n) is 0. The van der Waals surface area contributed by atoms with E-state index in [0.29, 0.717) is 0 Å². The number of carboxylic acid groups (broad SMARTS) is 2. The molecule has 0 aromatic rings. The summed E-state index contributed by atoms with van der Waals surface area (Å²) < 4.78 is 63.5. The molecule has 0 bridgehead atoms. The molecule has 0 aromatic carbocycles. The first-order valence-corrected chi connectivity index (χ1v) is 3.32. The number of alkyl halides is 6. The summed E-state index contributed by atoms with van der Waals surface area (Å²) in [7, 11) is 0. The number of nitrogens with one attached hydrogen (secondary N) is 1. The van der Waals surface area contributed by atoms with E-state index in [1.54, 1.807) is 0 Å². The molecule has 0 aliphatic rings. The van der Waals surface area contributed by atoms with E-state index >= 15 is 0 Å². The Morgan fingerprint density at radius 2 is 0.889 bits per heavy atom. The van der Waals surface area contributed by atoms with Crippen molar-refractivity contribution in [2.75, 3.05) is 0 Å². The second kappa shape index (κ2) is 7.97. The molecule has 0 aliphatic heterocycles. The summed E-state index contributed by atoms with van der Waals surface area (Å²) in [5, 5.41) is 20.3. The van der Waals surface area contributed by atoms with Crippen molar-refractivity contribution in [3.05, 3.63) is 0 Å². The van der Waals surface area contributed by atoms with Crippen molar-refractivity contribution in [3.63, 3.8) is 0 Å². The smallest absolute Gasteiger partial charge is 0.475 e. The van der Waals surface area contributed by atoms with E-state index in [-0.39, 0.29) is 5.96 Å². The van der Waals surface area contributed by atoms with Crippen molar-refractivity contribution < 1.29 is 46.1 Å². The molecule has 0 aliphatic carbocycles. The first-order valence-electron chi connectivity index (χ1n) is 3.32. The maximum atomic E-state index is 10.6. The van der Waals surface area contributed by atoms with Gasteiger partial charge in [0.25, 0.3) is 0 Å². The quantitative estimate of drug-likeness (QED) is 0.242. The van der Waals surface area contributed by atoms with Gasteiger partial charge in [0.1, 0.15) is 0 Å². The SMILES string of the molecule is N=C(N)N.O=C(O)C(F)(F)F.O=C(O)C(F)(F)F. The number of hydrogen-bond donors (Lipinski definition) is 5. The number of halogens is 6. The van der Waals surface area contributed by atoms with Gasteiger partial charge in [0.05, 0.1) is 0 Å². The maximum Gasteiger partial charge on any atom is 0.490 e. The molecule has 0 spiro atoms. The van der Waals surface area contributed by atoms with Crippen LogP contribution in [0, 0.1) is 5.41 Å². The number of rotatable bonds is 0. The third-order valence-electron chi connectivity index (χ3n) is 0.485. The van der Waals surface area contributed by atoms with Gasteiger partial charge in [-0.05, 0) is 0 Å². The Hall–Kier alpha value is -2.21. The van der Waals surface area contributed by atoms with Gasteiger partial charge in [0.15, 0.2) is 5.96 Å². The number of guanidine groups is 1. The van der Waals surface area contributed by atoms with Crippen molar-refractivity contribution in [2.24, 2.45) is 11.5 Å². The van der Waals surface area contributed by atoms with E-state index < -0.39 is 24.3 Å². The molecule has 7 nitrogen and oxygen atoms in total. The van der Waals surface area contributed by atoms with Gasteiger partial charge in [-0.3, -0.25) is 5.41 Å². The van der Waals surface area contributed by atoms with Crippen molar-refractivity contribution in [1.29, 1.82) is 5.41 Å². The van der Waals surface area contributed by atoms with Crippen LogP contribution in [-0.4, -0.2) is 40.5 Å². The van der Waals surface area contributed by atoms with Crippen LogP contribution in [-0.2, 0) is 9.59 Å². The topological polar surface area (TPSA) is 150 Å². The molecule has 0 fully saturated rings. The second-order valence-corrected chi connectivity index (χ2v) is 2.06. The van der Waals surface area contributed by atoms with E-state index in [9.17, 15) is 26.3 Å². The number of nitrogens with two attached hydrogens (primary N) is 2. The minimum atomic E-state index is -5.08. The number of aliphatic carboxylic acids is 2. The van der Waals surface area contributed by atoms with Crippen molar-refractivity contribution >= 4 is 17.9 Å². The Morgan fingerprint density at radius 3 is 0.889 bits per heavy atom. The molecule has 0 unspecified atom stereocenters. The summed E-state index contributed by atoms with van der Waals surface area (Å²) >= 11 is 0. The summed E-state index contributed by atoms with van der Waals surface area (Å²) in [5.74, 6) is -5.85. The highest BCUT2D eigenvalue weighted by Gasteiger charge is 2.38. The van der Waals surface area contributed by atoms with Crippen molar-refractivity contribution in [3.8, 4) is 0 Å². The zero-order valence-electron chi connectivity index (χ0n) is 8.13. The van der Waals surface area contributed by atoms with Gasteiger partial charge in [-0.1, -0.05) is 0 Å². The molecule has 0 amide bonds. The molecule has 18 heavy (non-hydrogen) atoms. The zero-order valence-corrected chi connectivity index (χ0v) is 8.13. The summed E-state index contributed by atoms with van der Waals surface area (Å²) in [5.41, 5.74) is 8.94. The van der Waals surface area contributed by atoms with E-state index in [1.807, 2.05) is 0 Å². The average molecular weight is 287 g/mol. The molecule has 0 radical (unpaired) electrons. The van der Waals surface area contributed by atoms with Crippen LogP contribution in [0.5, 0.6) is 0 Å². The van der Waals surface area contributed by atoms with E-state index in [4.69, 9.17) is 25.2 Å². The van der Waals surface area contributed by atoms with Crippen LogP contribution in [0.25, 0.3) is 0 Å². The van der Waals surface area contributed by atoms with Gasteiger partial charge in [0.2, 0.25) is 0 Å². The predicted octanol–water partition coefficient (Wildman–Crippen LogP) is 0.105. The Labute approximate surface area is 94.5 Å². The van der Waals surface area contributed by atoms with E-state index in [0.717, 1.165) is 0 Å². The summed E-state index contributed by atoms with van der Waals surface area (Å²) in [6, 6.07) is 0. The van der Waals surface area contributed by atoms with Crippen LogP contribution in [0.1, 0.15) is 0 Å². The van der Waals surface area contributed by atoms with Crippen LogP contribution < -0.4 is 11.5 Å². The van der Waals surface area contributed by atoms with Crippen molar-refractivity contribution in [1.82, 2.24) is 0 Å². The fraction of sp³-hybridized carbons (Fsp3) is 0.400. The van der Waals surface area contributed by atoms with E-state index in [2.05, 4.69) is 11.5 Å². The summed E-state index contributed by atoms with van der Waals surface area (Å²) in [4.78, 5) is 17.8. The monoisotopic (exact) mass is 287 g/mol. The van der Waals surface area contributed by atoms with Crippen LogP contribution in [0.3, 0.4) is 0 Å². The number of carbonyl (C=O) groups is 2. The van der Waals surface area contributed by atoms with Gasteiger partial charge in [-0.2, -0.15) is 26.3 Å². The lowest BCUT2D eigenvalue weighted by Gasteiger charge is -1.93. The third kappa shape index (κ3) is 23.5. The lowest BCUT2D eigenvalue weighted by molar-refractivity contribution is -0.193. The van der Waals surface area contributed by atoms with Gasteiger partial charge in [0, 0.05) is 0 Å². The van der Waals surface area contributed by atoms with Crippen molar-refractivity contribution in [2.45, 2.75) is 12.4 Å². The molecule has 0 saturated carbocycles. The number of hydrogen-bond acceptors (Lipinski definition) is 3. The van der Waals surface area contributed by atoms with Gasteiger partial charge < -0.3 is 21.7 Å². The van der Waals surface area contributed by atoms with Gasteiger partial charge in [-0.15, -0.1) is 0 Å². The normalized spacial score (nSPS) is 10.1. The first kappa shape index (κ1) is 21.1. The molecule has 0 aromatic heterocycles. The molecule has 108 valence electrons. The minimum absolute atomic E-state index is 0.333. The van der Waals surface area contributed by atoms with Crippen LogP contribution in [0.2, 0.25) is 0 Å².